The summed E-state index contributed by atoms with van der Waals surface area (Å²) in [5.74, 6) is 0. The third-order valence-corrected chi connectivity index (χ3v) is 3.89. The Hall–Kier alpha value is -2.40. The lowest BCUT2D eigenvalue weighted by atomic mass is 10.2. The summed E-state index contributed by atoms with van der Waals surface area (Å²) in [6, 6.07) is 8.12. The maximum atomic E-state index is 12.8. The zero-order valence-electron chi connectivity index (χ0n) is 9.60. The van der Waals surface area contributed by atoms with E-state index in [4.69, 9.17) is 5.26 Å². The number of aromatic nitrogens is 2. The highest BCUT2D eigenvalue weighted by atomic mass is 32.1. The van der Waals surface area contributed by atoms with Crippen LogP contribution in [0.4, 0.5) is 13.2 Å². The number of alkyl halides is 3. The molecule has 0 atom stereocenters. The molecule has 20 heavy (non-hydrogen) atoms. The van der Waals surface area contributed by atoms with Gasteiger partial charge in [-0.1, -0.05) is 12.1 Å². The van der Waals surface area contributed by atoms with Crippen molar-refractivity contribution in [3.8, 4) is 6.07 Å². The maximum Gasteiger partial charge on any atom is 0.434 e. The Labute approximate surface area is 113 Å². The second kappa shape index (κ2) is 4.05. The number of nitriles is 1. The summed E-state index contributed by atoms with van der Waals surface area (Å²) >= 11 is 0.958. The number of halogens is 3. The minimum absolute atomic E-state index is 0.0407. The molecule has 0 bridgehead atoms. The highest BCUT2D eigenvalue weighted by molar-refractivity contribution is 7.24. The van der Waals surface area contributed by atoms with Gasteiger partial charge in [-0.25, -0.2) is 9.20 Å². The Kier molecular flexibility index (Phi) is 2.55. The zero-order chi connectivity index (χ0) is 14.5. The average Bonchev–Trinajstić information content (AvgIpc) is 2.77. The van der Waals surface area contributed by atoms with E-state index in [1.54, 1.807) is 24.3 Å². The Morgan fingerprint density at radius 2 is 2.00 bits per heavy atom. The lowest BCUT2D eigenvalue weighted by Gasteiger charge is -2.07. The largest absolute Gasteiger partial charge is 0.434 e. The van der Waals surface area contributed by atoms with E-state index in [2.05, 4.69) is 4.98 Å². The Balaban J connectivity index is 2.60. The van der Waals surface area contributed by atoms with Crippen LogP contribution in [0.25, 0.3) is 15.0 Å². The third-order valence-electron chi connectivity index (χ3n) is 2.75. The van der Waals surface area contributed by atoms with Crippen LogP contribution in [0.15, 0.2) is 29.1 Å². The standard InChI is InChI=1S/C12H4F3N3OS/c13-12(14,15)9-6(5-16)10-18(11(19)17-9)7-3-1-2-4-8(7)20-10/h1-4H. The molecule has 3 rings (SSSR count). The molecule has 0 N–H and O–H groups in total. The molecule has 4 nitrogen and oxygen atoms in total. The van der Waals surface area contributed by atoms with Gasteiger partial charge in [0.15, 0.2) is 5.69 Å². The lowest BCUT2D eigenvalue weighted by Crippen LogP contribution is -2.24. The molecule has 0 aliphatic carbocycles. The quantitative estimate of drug-likeness (QED) is 0.641. The van der Waals surface area contributed by atoms with Crippen LogP contribution in [0.5, 0.6) is 0 Å². The van der Waals surface area contributed by atoms with E-state index in [0.29, 0.717) is 10.2 Å². The molecule has 3 aromatic rings. The summed E-state index contributed by atoms with van der Waals surface area (Å²) in [4.78, 5) is 14.8. The number of thiazole rings is 1. The first-order chi connectivity index (χ1) is 9.43. The molecule has 0 unspecified atom stereocenters. The van der Waals surface area contributed by atoms with E-state index >= 15 is 0 Å². The van der Waals surface area contributed by atoms with Crippen molar-refractivity contribution in [2.24, 2.45) is 0 Å². The van der Waals surface area contributed by atoms with Crippen molar-refractivity contribution in [2.75, 3.05) is 0 Å². The molecule has 100 valence electrons. The Morgan fingerprint density at radius 1 is 1.30 bits per heavy atom. The monoisotopic (exact) mass is 295 g/mol. The van der Waals surface area contributed by atoms with Gasteiger partial charge in [-0.3, -0.25) is 0 Å². The molecular formula is C12H4F3N3OS. The molecule has 0 aliphatic rings. The minimum atomic E-state index is -4.84. The number of hydrogen-bond donors (Lipinski definition) is 0. The van der Waals surface area contributed by atoms with Crippen LogP contribution in [-0.2, 0) is 6.18 Å². The SMILES string of the molecule is N#Cc1c(C(F)(F)F)nc(=O)n2c1sc1ccccc12. The number of rotatable bonds is 0. The van der Waals surface area contributed by atoms with Gasteiger partial charge in [0.05, 0.1) is 10.2 Å². The van der Waals surface area contributed by atoms with E-state index in [9.17, 15) is 18.0 Å². The summed E-state index contributed by atoms with van der Waals surface area (Å²) in [7, 11) is 0. The molecule has 1 aromatic carbocycles. The normalized spacial score (nSPS) is 11.9. The number of benzene rings is 1. The highest BCUT2D eigenvalue weighted by Gasteiger charge is 2.38. The molecule has 0 fully saturated rings. The van der Waals surface area contributed by atoms with Gasteiger partial charge in [-0.05, 0) is 12.1 Å². The smallest absolute Gasteiger partial charge is 0.249 e. The van der Waals surface area contributed by atoms with E-state index in [1.807, 2.05) is 0 Å². The van der Waals surface area contributed by atoms with Gasteiger partial charge >= 0.3 is 11.9 Å². The van der Waals surface area contributed by atoms with Gasteiger partial charge in [0, 0.05) is 0 Å². The second-order valence-corrected chi connectivity index (χ2v) is 4.97. The molecule has 0 spiro atoms. The van der Waals surface area contributed by atoms with Crippen LogP contribution in [0.2, 0.25) is 0 Å². The first-order valence-electron chi connectivity index (χ1n) is 5.35. The van der Waals surface area contributed by atoms with Crippen LogP contribution in [0.1, 0.15) is 11.3 Å². The number of fused-ring (bicyclic) bond motifs is 3. The predicted octanol–water partition coefficient (Wildman–Crippen LogP) is 2.80. The van der Waals surface area contributed by atoms with Gasteiger partial charge in [-0.15, -0.1) is 11.3 Å². The fourth-order valence-corrected chi connectivity index (χ4v) is 3.08. The molecule has 2 aromatic heterocycles. The van der Waals surface area contributed by atoms with E-state index < -0.39 is 23.1 Å². The Bertz CT molecular complexity index is 933. The van der Waals surface area contributed by atoms with E-state index in [0.717, 1.165) is 15.7 Å². The fraction of sp³-hybridized carbons (Fsp3) is 0.0833. The molecule has 0 radical (unpaired) electrons. The van der Waals surface area contributed by atoms with Gasteiger partial charge in [-0.2, -0.15) is 23.4 Å². The van der Waals surface area contributed by atoms with Crippen LogP contribution in [0.3, 0.4) is 0 Å². The summed E-state index contributed by atoms with van der Waals surface area (Å²) in [5.41, 5.74) is -2.66. The van der Waals surface area contributed by atoms with Crippen molar-refractivity contribution in [3.05, 3.63) is 46.0 Å². The molecule has 0 saturated heterocycles. The first-order valence-corrected chi connectivity index (χ1v) is 6.16. The predicted molar refractivity (Wildman–Crippen MR) is 66.6 cm³/mol. The molecule has 0 aliphatic heterocycles. The van der Waals surface area contributed by atoms with Gasteiger partial charge in [0.1, 0.15) is 16.5 Å². The molecule has 0 amide bonds. The van der Waals surface area contributed by atoms with Crippen molar-refractivity contribution >= 4 is 26.4 Å². The summed E-state index contributed by atoms with van der Waals surface area (Å²) in [6.45, 7) is 0. The zero-order valence-corrected chi connectivity index (χ0v) is 10.4. The van der Waals surface area contributed by atoms with Crippen molar-refractivity contribution in [3.63, 3.8) is 0 Å². The molecule has 8 heteroatoms. The van der Waals surface area contributed by atoms with Crippen molar-refractivity contribution < 1.29 is 13.2 Å². The van der Waals surface area contributed by atoms with Crippen molar-refractivity contribution in [2.45, 2.75) is 6.18 Å². The van der Waals surface area contributed by atoms with Gasteiger partial charge in [0.25, 0.3) is 0 Å². The van der Waals surface area contributed by atoms with Crippen molar-refractivity contribution in [1.82, 2.24) is 9.38 Å². The first kappa shape index (κ1) is 12.6. The number of para-hydroxylation sites is 1. The third kappa shape index (κ3) is 1.67. The average molecular weight is 295 g/mol. The van der Waals surface area contributed by atoms with Crippen LogP contribution >= 0.6 is 11.3 Å². The van der Waals surface area contributed by atoms with Crippen molar-refractivity contribution in [1.29, 1.82) is 5.26 Å². The molecule has 2 heterocycles. The summed E-state index contributed by atoms with van der Waals surface area (Å²) in [6.07, 6.45) is -4.84. The van der Waals surface area contributed by atoms with Gasteiger partial charge < -0.3 is 0 Å². The van der Waals surface area contributed by atoms with Crippen LogP contribution in [0, 0.1) is 11.3 Å². The summed E-state index contributed by atoms with van der Waals surface area (Å²) in [5, 5.41) is 9.00. The van der Waals surface area contributed by atoms with E-state index in [1.165, 1.54) is 6.07 Å². The second-order valence-electron chi connectivity index (χ2n) is 3.94. The maximum absolute atomic E-state index is 12.8. The van der Waals surface area contributed by atoms with E-state index in [-0.39, 0.29) is 4.83 Å². The molecule has 0 saturated carbocycles. The van der Waals surface area contributed by atoms with Gasteiger partial charge in [0.2, 0.25) is 0 Å². The topological polar surface area (TPSA) is 58.2 Å². The molecular weight excluding hydrogens is 291 g/mol. The van der Waals surface area contributed by atoms with Crippen LogP contribution in [-0.4, -0.2) is 9.38 Å². The number of nitrogens with zero attached hydrogens (tertiary/aromatic N) is 3. The fourth-order valence-electron chi connectivity index (χ4n) is 1.95. The highest BCUT2D eigenvalue weighted by Crippen LogP contribution is 2.34. The summed E-state index contributed by atoms with van der Waals surface area (Å²) < 4.78 is 40.2. The Morgan fingerprint density at radius 3 is 2.65 bits per heavy atom. The lowest BCUT2D eigenvalue weighted by molar-refractivity contribution is -0.141. The number of hydrogen-bond acceptors (Lipinski definition) is 4. The van der Waals surface area contributed by atoms with Crippen LogP contribution < -0.4 is 5.69 Å². The minimum Gasteiger partial charge on any atom is -0.249 e.